The lowest BCUT2D eigenvalue weighted by atomic mass is 10.0. The third-order valence-electron chi connectivity index (χ3n) is 13.4. The van der Waals surface area contributed by atoms with Crippen molar-refractivity contribution < 1.29 is 28.6 Å². The highest BCUT2D eigenvalue weighted by molar-refractivity contribution is 5.71. The molecule has 0 saturated heterocycles. The minimum absolute atomic E-state index is 0.0903. The van der Waals surface area contributed by atoms with Gasteiger partial charge in [-0.3, -0.25) is 14.4 Å². The van der Waals surface area contributed by atoms with Gasteiger partial charge in [0.25, 0.3) is 0 Å². The van der Waals surface area contributed by atoms with Crippen LogP contribution >= 0.6 is 0 Å². The second-order valence-electron chi connectivity index (χ2n) is 20.9. The van der Waals surface area contributed by atoms with E-state index in [0.717, 1.165) is 161 Å². The number of ether oxygens (including phenoxy) is 3. The first-order valence-corrected chi connectivity index (χ1v) is 32.0. The number of carbonyl (C=O) groups is 3. The van der Waals surface area contributed by atoms with Crippen LogP contribution in [-0.2, 0) is 28.6 Å². The van der Waals surface area contributed by atoms with Gasteiger partial charge in [0.2, 0.25) is 0 Å². The molecule has 0 spiro atoms. The molecule has 77 heavy (non-hydrogen) atoms. The summed E-state index contributed by atoms with van der Waals surface area (Å²) < 4.78 is 16.9. The molecule has 0 aliphatic carbocycles. The maximum atomic E-state index is 12.9. The molecule has 0 fully saturated rings. The van der Waals surface area contributed by atoms with Crippen LogP contribution in [0, 0.1) is 0 Å². The molecule has 6 nitrogen and oxygen atoms in total. The lowest BCUT2D eigenvalue weighted by molar-refractivity contribution is -0.167. The zero-order chi connectivity index (χ0) is 55.7. The van der Waals surface area contributed by atoms with Gasteiger partial charge in [0.15, 0.2) is 6.10 Å². The van der Waals surface area contributed by atoms with Gasteiger partial charge in [-0.2, -0.15) is 0 Å². The van der Waals surface area contributed by atoms with Crippen molar-refractivity contribution in [1.29, 1.82) is 0 Å². The van der Waals surface area contributed by atoms with Crippen molar-refractivity contribution in [2.45, 2.75) is 297 Å². The molecule has 0 aromatic carbocycles. The van der Waals surface area contributed by atoms with Gasteiger partial charge in [0.05, 0.1) is 0 Å². The summed E-state index contributed by atoms with van der Waals surface area (Å²) in [5, 5.41) is 0. The average Bonchev–Trinajstić information content (AvgIpc) is 3.43. The van der Waals surface area contributed by atoms with Crippen LogP contribution < -0.4 is 0 Å². The van der Waals surface area contributed by atoms with Crippen molar-refractivity contribution in [2.75, 3.05) is 13.2 Å². The van der Waals surface area contributed by atoms with Crippen molar-refractivity contribution in [1.82, 2.24) is 0 Å². The Labute approximate surface area is 475 Å². The van der Waals surface area contributed by atoms with Crippen molar-refractivity contribution >= 4 is 17.9 Å². The van der Waals surface area contributed by atoms with Crippen molar-refractivity contribution in [3.63, 3.8) is 0 Å². The molecule has 0 rings (SSSR count). The van der Waals surface area contributed by atoms with Gasteiger partial charge < -0.3 is 14.2 Å². The first-order chi connectivity index (χ1) is 38.0. The predicted molar refractivity (Wildman–Crippen MR) is 334 cm³/mol. The molecule has 0 aliphatic rings. The highest BCUT2D eigenvalue weighted by Crippen LogP contribution is 2.16. The highest BCUT2D eigenvalue weighted by Gasteiger charge is 2.19. The Balaban J connectivity index is 4.22. The Morgan fingerprint density at radius 2 is 0.506 bits per heavy atom. The molecule has 0 N–H and O–H groups in total. The normalized spacial score (nSPS) is 12.9. The first-order valence-electron chi connectivity index (χ1n) is 32.0. The standard InChI is InChI=1S/C71H118O6/c1-4-7-10-13-16-19-22-25-27-28-29-30-31-32-33-34-35-36-37-38-39-40-41-42-44-46-49-52-55-58-61-64-70(73)76-67-68(66-75-69(72)63-60-57-54-51-48-45-24-21-18-15-12-9-6-3)77-71(74)65-62-59-56-53-50-47-43-26-23-20-17-14-11-8-5-2/h7-8,10-12,15-17,19-21,24-27,29-30,32-33,43,68H,4-6,9,13-14,18,22-23,28,31,34-42,44-67H2,1-3H3/b10-7-,11-8-,15-12-,19-16-,20-17-,24-21-,27-25-,30-29-,33-32-,43-26-. The number of hydrogen-bond acceptors (Lipinski definition) is 6. The Kier molecular flexibility index (Phi) is 60.8. The number of carbonyl (C=O) groups excluding carboxylic acids is 3. The van der Waals surface area contributed by atoms with E-state index in [1.165, 1.54) is 89.9 Å². The fourth-order valence-corrected chi connectivity index (χ4v) is 8.70. The molecule has 0 bridgehead atoms. The van der Waals surface area contributed by atoms with Crippen LogP contribution in [0.1, 0.15) is 290 Å². The highest BCUT2D eigenvalue weighted by atomic mass is 16.6. The van der Waals surface area contributed by atoms with E-state index < -0.39 is 6.10 Å². The summed E-state index contributed by atoms with van der Waals surface area (Å²) in [4.78, 5) is 38.2. The Hall–Kier alpha value is -4.19. The van der Waals surface area contributed by atoms with Gasteiger partial charge in [0.1, 0.15) is 13.2 Å². The fraction of sp³-hybridized carbons (Fsp3) is 0.676. The van der Waals surface area contributed by atoms with Crippen LogP contribution in [0.3, 0.4) is 0 Å². The molecule has 6 heteroatoms. The number of allylic oxidation sites excluding steroid dienone is 20. The summed E-state index contributed by atoms with van der Waals surface area (Å²) >= 11 is 0. The van der Waals surface area contributed by atoms with Gasteiger partial charge in [-0.15, -0.1) is 0 Å². The monoisotopic (exact) mass is 1070 g/mol. The fourth-order valence-electron chi connectivity index (χ4n) is 8.70. The molecule has 1 unspecified atom stereocenters. The van der Waals surface area contributed by atoms with Gasteiger partial charge in [-0.1, -0.05) is 271 Å². The van der Waals surface area contributed by atoms with Crippen LogP contribution in [0.4, 0.5) is 0 Å². The number of rotatable bonds is 57. The maximum Gasteiger partial charge on any atom is 0.306 e. The topological polar surface area (TPSA) is 78.9 Å². The minimum atomic E-state index is -0.795. The van der Waals surface area contributed by atoms with E-state index in [4.69, 9.17) is 14.2 Å². The molecule has 0 aromatic rings. The van der Waals surface area contributed by atoms with Gasteiger partial charge >= 0.3 is 17.9 Å². The van der Waals surface area contributed by atoms with E-state index in [1.807, 2.05) is 0 Å². The predicted octanol–water partition coefficient (Wildman–Crippen LogP) is 22.0. The molecule has 0 aromatic heterocycles. The zero-order valence-electron chi connectivity index (χ0n) is 50.2. The maximum absolute atomic E-state index is 12.9. The van der Waals surface area contributed by atoms with Crippen molar-refractivity contribution in [2.24, 2.45) is 0 Å². The summed E-state index contributed by atoms with van der Waals surface area (Å²) in [5.41, 5.74) is 0. The third kappa shape index (κ3) is 62.5. The van der Waals surface area contributed by atoms with E-state index in [1.54, 1.807) is 0 Å². The summed E-state index contributed by atoms with van der Waals surface area (Å²) in [6.07, 6.45) is 89.3. The van der Waals surface area contributed by atoms with Crippen LogP contribution in [-0.4, -0.2) is 37.2 Å². The molecule has 1 atom stereocenters. The third-order valence-corrected chi connectivity index (χ3v) is 13.4. The van der Waals surface area contributed by atoms with E-state index >= 15 is 0 Å². The second-order valence-corrected chi connectivity index (χ2v) is 20.9. The Morgan fingerprint density at radius 3 is 0.792 bits per heavy atom. The summed E-state index contributed by atoms with van der Waals surface area (Å²) in [5.74, 6) is -0.918. The van der Waals surface area contributed by atoms with Crippen LogP contribution in [0.25, 0.3) is 0 Å². The number of hydrogen-bond donors (Lipinski definition) is 0. The lowest BCUT2D eigenvalue weighted by Crippen LogP contribution is -2.30. The summed E-state index contributed by atoms with van der Waals surface area (Å²) in [7, 11) is 0. The molecular formula is C71H118O6. The lowest BCUT2D eigenvalue weighted by Gasteiger charge is -2.18. The molecule has 0 aliphatic heterocycles. The quantitative estimate of drug-likeness (QED) is 0.0261. The minimum Gasteiger partial charge on any atom is -0.462 e. The zero-order valence-corrected chi connectivity index (χ0v) is 50.2. The van der Waals surface area contributed by atoms with Crippen LogP contribution in [0.15, 0.2) is 122 Å². The van der Waals surface area contributed by atoms with Crippen LogP contribution in [0.5, 0.6) is 0 Å². The molecule has 0 heterocycles. The molecule has 0 radical (unpaired) electrons. The van der Waals surface area contributed by atoms with Crippen molar-refractivity contribution in [3.8, 4) is 0 Å². The van der Waals surface area contributed by atoms with E-state index in [-0.39, 0.29) is 31.1 Å². The van der Waals surface area contributed by atoms with Gasteiger partial charge in [0, 0.05) is 19.3 Å². The molecular weight excluding hydrogens is 949 g/mol. The van der Waals surface area contributed by atoms with E-state index in [9.17, 15) is 14.4 Å². The van der Waals surface area contributed by atoms with Gasteiger partial charge in [-0.05, 0) is 122 Å². The SMILES string of the molecule is CC/C=C\C/C=C\C/C=C\C/C=C\C/C=C\CCCCCCCCCCCCCCCCCC(=O)OCC(COC(=O)CCCCCCC/C=C\C/C=C\CCC)OC(=O)CCCCCCC/C=C\C/C=C\C/C=C\CC. The number of esters is 3. The van der Waals surface area contributed by atoms with Crippen molar-refractivity contribution in [3.05, 3.63) is 122 Å². The Bertz CT molecular complexity index is 1600. The van der Waals surface area contributed by atoms with Crippen LogP contribution in [0.2, 0.25) is 0 Å². The molecule has 438 valence electrons. The molecule has 0 saturated carbocycles. The molecule has 0 amide bonds. The smallest absolute Gasteiger partial charge is 0.306 e. The van der Waals surface area contributed by atoms with E-state index in [2.05, 4.69) is 142 Å². The number of unbranched alkanes of at least 4 members (excludes halogenated alkanes) is 26. The van der Waals surface area contributed by atoms with E-state index in [0.29, 0.717) is 19.3 Å². The first kappa shape index (κ1) is 72.8. The summed E-state index contributed by atoms with van der Waals surface area (Å²) in [6, 6.07) is 0. The largest absolute Gasteiger partial charge is 0.462 e. The average molecular weight is 1070 g/mol. The second kappa shape index (κ2) is 64.3. The van der Waals surface area contributed by atoms with Gasteiger partial charge in [-0.25, -0.2) is 0 Å². The Morgan fingerprint density at radius 1 is 0.273 bits per heavy atom. The summed E-state index contributed by atoms with van der Waals surface area (Å²) in [6.45, 7) is 6.33.